The first-order valence-corrected chi connectivity index (χ1v) is 9.80. The fourth-order valence-corrected chi connectivity index (χ4v) is 4.45. The summed E-state index contributed by atoms with van der Waals surface area (Å²) >= 11 is 0. The van der Waals surface area contributed by atoms with Crippen LogP contribution in [0.1, 0.15) is 24.8 Å². The Balaban J connectivity index is 1.36. The Kier molecular flexibility index (Phi) is 5.52. The van der Waals surface area contributed by atoms with Crippen LogP contribution in [-0.4, -0.2) is 73.3 Å². The lowest BCUT2D eigenvalue weighted by Crippen LogP contribution is -2.50. The normalized spacial score (nSPS) is 26.8. The van der Waals surface area contributed by atoms with E-state index < -0.39 is 0 Å². The lowest BCUT2D eigenvalue weighted by atomic mass is 9.78. The van der Waals surface area contributed by atoms with Gasteiger partial charge in [-0.3, -0.25) is 14.7 Å². The van der Waals surface area contributed by atoms with E-state index in [4.69, 9.17) is 9.47 Å². The van der Waals surface area contributed by atoms with Crippen molar-refractivity contribution in [3.8, 4) is 0 Å². The highest BCUT2D eigenvalue weighted by Gasteiger charge is 2.40. The van der Waals surface area contributed by atoms with E-state index in [0.29, 0.717) is 12.5 Å². The van der Waals surface area contributed by atoms with Crippen LogP contribution in [0, 0.1) is 11.3 Å². The van der Waals surface area contributed by atoms with E-state index >= 15 is 0 Å². The summed E-state index contributed by atoms with van der Waals surface area (Å²) in [7, 11) is 0. The standard InChI is InChI=1S/C20H29N3O3/c24-19(18-3-11-25-14-18)23-8-4-20(5-9-23)15-22(10-12-26-16-20)13-17-1-6-21-7-2-17/h1-2,6-7,18H,3-5,8-16H2/t18-/m0/s1. The summed E-state index contributed by atoms with van der Waals surface area (Å²) in [4.78, 5) is 21.3. The average molecular weight is 359 g/mol. The molecule has 0 aliphatic carbocycles. The number of amides is 1. The van der Waals surface area contributed by atoms with Gasteiger partial charge in [0.25, 0.3) is 0 Å². The summed E-state index contributed by atoms with van der Waals surface area (Å²) in [6.07, 6.45) is 6.65. The lowest BCUT2D eigenvalue weighted by molar-refractivity contribution is -0.138. The maximum Gasteiger partial charge on any atom is 0.228 e. The number of aromatic nitrogens is 1. The van der Waals surface area contributed by atoms with Crippen LogP contribution in [0.25, 0.3) is 0 Å². The second-order valence-electron chi connectivity index (χ2n) is 8.00. The van der Waals surface area contributed by atoms with E-state index in [-0.39, 0.29) is 11.3 Å². The van der Waals surface area contributed by atoms with Gasteiger partial charge in [-0.1, -0.05) is 0 Å². The Labute approximate surface area is 155 Å². The molecular weight excluding hydrogens is 330 g/mol. The summed E-state index contributed by atoms with van der Waals surface area (Å²) < 4.78 is 11.4. The molecule has 1 aromatic heterocycles. The molecule has 1 aromatic rings. The number of hydrogen-bond acceptors (Lipinski definition) is 5. The van der Waals surface area contributed by atoms with Gasteiger partial charge in [0.1, 0.15) is 0 Å². The van der Waals surface area contributed by atoms with Crippen molar-refractivity contribution in [1.82, 2.24) is 14.8 Å². The van der Waals surface area contributed by atoms with Crippen molar-refractivity contribution in [3.63, 3.8) is 0 Å². The molecule has 6 heteroatoms. The fraction of sp³-hybridized carbons (Fsp3) is 0.700. The molecule has 4 rings (SSSR count). The van der Waals surface area contributed by atoms with Gasteiger partial charge in [0.15, 0.2) is 0 Å². The van der Waals surface area contributed by atoms with Crippen molar-refractivity contribution < 1.29 is 14.3 Å². The number of rotatable bonds is 3. The Hall–Kier alpha value is -1.50. The van der Waals surface area contributed by atoms with Crippen LogP contribution in [-0.2, 0) is 20.8 Å². The summed E-state index contributed by atoms with van der Waals surface area (Å²) in [6.45, 7) is 7.58. The number of nitrogens with zero attached hydrogens (tertiary/aromatic N) is 3. The third kappa shape index (κ3) is 4.08. The first-order valence-electron chi connectivity index (χ1n) is 9.80. The molecule has 26 heavy (non-hydrogen) atoms. The number of ether oxygens (including phenoxy) is 2. The first kappa shape index (κ1) is 17.9. The molecule has 4 heterocycles. The highest BCUT2D eigenvalue weighted by Crippen LogP contribution is 2.35. The van der Waals surface area contributed by atoms with Crippen molar-refractivity contribution >= 4 is 5.91 Å². The average Bonchev–Trinajstić information content (AvgIpc) is 3.14. The van der Waals surface area contributed by atoms with Crippen LogP contribution in [0.2, 0.25) is 0 Å². The number of carbonyl (C=O) groups is 1. The Morgan fingerprint density at radius 1 is 1.15 bits per heavy atom. The van der Waals surface area contributed by atoms with Gasteiger partial charge in [0.05, 0.1) is 25.7 Å². The smallest absolute Gasteiger partial charge is 0.228 e. The van der Waals surface area contributed by atoms with Crippen LogP contribution in [0.4, 0.5) is 0 Å². The molecule has 3 saturated heterocycles. The van der Waals surface area contributed by atoms with E-state index in [1.807, 2.05) is 12.4 Å². The second kappa shape index (κ2) is 8.03. The molecule has 142 valence electrons. The van der Waals surface area contributed by atoms with Crippen molar-refractivity contribution in [3.05, 3.63) is 30.1 Å². The van der Waals surface area contributed by atoms with Crippen LogP contribution in [0.5, 0.6) is 0 Å². The van der Waals surface area contributed by atoms with Gasteiger partial charge in [-0.05, 0) is 37.0 Å². The third-order valence-electron chi connectivity index (χ3n) is 6.09. The predicted octanol–water partition coefficient (Wildman–Crippen LogP) is 1.56. The van der Waals surface area contributed by atoms with Gasteiger partial charge < -0.3 is 14.4 Å². The molecule has 3 aliphatic heterocycles. The predicted molar refractivity (Wildman–Crippen MR) is 97.5 cm³/mol. The number of pyridine rings is 1. The number of piperidine rings is 1. The summed E-state index contributed by atoms with van der Waals surface area (Å²) in [6, 6.07) is 4.17. The van der Waals surface area contributed by atoms with Crippen molar-refractivity contribution in [2.45, 2.75) is 25.8 Å². The zero-order valence-electron chi connectivity index (χ0n) is 15.4. The molecular formula is C20H29N3O3. The maximum absolute atomic E-state index is 12.6. The SMILES string of the molecule is O=C([C@H]1CCOC1)N1CCC2(CC1)COCCN(Cc1ccncc1)C2. The summed E-state index contributed by atoms with van der Waals surface area (Å²) in [5.74, 6) is 0.373. The first-order chi connectivity index (χ1) is 12.7. The Morgan fingerprint density at radius 3 is 2.69 bits per heavy atom. The Morgan fingerprint density at radius 2 is 1.96 bits per heavy atom. The zero-order valence-corrected chi connectivity index (χ0v) is 15.4. The van der Waals surface area contributed by atoms with Gasteiger partial charge in [-0.2, -0.15) is 0 Å². The number of hydrogen-bond donors (Lipinski definition) is 0. The molecule has 1 spiro atoms. The van der Waals surface area contributed by atoms with E-state index in [2.05, 4.69) is 26.9 Å². The summed E-state index contributed by atoms with van der Waals surface area (Å²) in [5, 5.41) is 0. The monoisotopic (exact) mass is 359 g/mol. The molecule has 1 atom stereocenters. The van der Waals surface area contributed by atoms with Crippen LogP contribution >= 0.6 is 0 Å². The quantitative estimate of drug-likeness (QED) is 0.820. The van der Waals surface area contributed by atoms with Crippen LogP contribution in [0.15, 0.2) is 24.5 Å². The molecule has 0 bridgehead atoms. The molecule has 6 nitrogen and oxygen atoms in total. The topological polar surface area (TPSA) is 54.9 Å². The van der Waals surface area contributed by atoms with Crippen molar-refractivity contribution in [2.75, 3.05) is 52.6 Å². The van der Waals surface area contributed by atoms with Gasteiger partial charge in [-0.25, -0.2) is 0 Å². The molecule has 0 aromatic carbocycles. The highest BCUT2D eigenvalue weighted by molar-refractivity contribution is 5.79. The van der Waals surface area contributed by atoms with E-state index in [9.17, 15) is 4.79 Å². The molecule has 0 radical (unpaired) electrons. The zero-order chi connectivity index (χ0) is 17.8. The van der Waals surface area contributed by atoms with Crippen LogP contribution < -0.4 is 0 Å². The van der Waals surface area contributed by atoms with E-state index in [1.165, 1.54) is 5.56 Å². The van der Waals surface area contributed by atoms with Crippen LogP contribution in [0.3, 0.4) is 0 Å². The highest BCUT2D eigenvalue weighted by atomic mass is 16.5. The molecule has 0 saturated carbocycles. The molecule has 3 fully saturated rings. The minimum Gasteiger partial charge on any atom is -0.381 e. The van der Waals surface area contributed by atoms with Gasteiger partial charge in [-0.15, -0.1) is 0 Å². The maximum atomic E-state index is 12.6. The lowest BCUT2D eigenvalue weighted by Gasteiger charge is -2.43. The van der Waals surface area contributed by atoms with Crippen molar-refractivity contribution in [1.29, 1.82) is 0 Å². The van der Waals surface area contributed by atoms with Crippen molar-refractivity contribution in [2.24, 2.45) is 11.3 Å². The minimum absolute atomic E-state index is 0.0811. The molecule has 3 aliphatic rings. The number of carbonyl (C=O) groups excluding carboxylic acids is 1. The largest absolute Gasteiger partial charge is 0.381 e. The molecule has 1 amide bonds. The second-order valence-corrected chi connectivity index (χ2v) is 8.00. The van der Waals surface area contributed by atoms with Gasteiger partial charge in [0.2, 0.25) is 5.91 Å². The Bertz CT molecular complexity index is 596. The molecule has 0 N–H and O–H groups in total. The van der Waals surface area contributed by atoms with E-state index in [0.717, 1.165) is 71.8 Å². The molecule has 0 unspecified atom stereocenters. The van der Waals surface area contributed by atoms with E-state index in [1.54, 1.807) is 0 Å². The number of likely N-dealkylation sites (tertiary alicyclic amines) is 1. The minimum atomic E-state index is 0.0811. The van der Waals surface area contributed by atoms with Gasteiger partial charge >= 0.3 is 0 Å². The van der Waals surface area contributed by atoms with Gasteiger partial charge in [0, 0.05) is 57.1 Å². The fourth-order valence-electron chi connectivity index (χ4n) is 4.45. The third-order valence-corrected chi connectivity index (χ3v) is 6.09. The summed E-state index contributed by atoms with van der Waals surface area (Å²) in [5.41, 5.74) is 1.47.